The highest BCUT2D eigenvalue weighted by molar-refractivity contribution is 5.90. The van der Waals surface area contributed by atoms with Crippen LogP contribution < -0.4 is 5.32 Å². The summed E-state index contributed by atoms with van der Waals surface area (Å²) in [6, 6.07) is 1.73. The van der Waals surface area contributed by atoms with Crippen molar-refractivity contribution in [3.8, 4) is 0 Å². The van der Waals surface area contributed by atoms with E-state index in [9.17, 15) is 4.79 Å². The molecular weight excluding hydrogens is 242 g/mol. The van der Waals surface area contributed by atoms with E-state index in [0.29, 0.717) is 12.4 Å². The average molecular weight is 261 g/mol. The minimum atomic E-state index is -0.0252. The highest BCUT2D eigenvalue weighted by Crippen LogP contribution is 2.32. The summed E-state index contributed by atoms with van der Waals surface area (Å²) in [5, 5.41) is 6.49. The minimum Gasteiger partial charge on any atom is -0.338 e. The normalized spacial score (nSPS) is 26.4. The van der Waals surface area contributed by atoms with Gasteiger partial charge in [-0.2, -0.15) is 0 Å². The van der Waals surface area contributed by atoms with Crippen molar-refractivity contribution >= 4 is 11.8 Å². The molecule has 0 saturated carbocycles. The number of likely N-dealkylation sites (tertiary alicyclic amines) is 1. The van der Waals surface area contributed by atoms with Gasteiger partial charge in [-0.1, -0.05) is 17.3 Å². The van der Waals surface area contributed by atoms with Crippen LogP contribution in [0, 0.1) is 18.8 Å². The Hall–Kier alpha value is -1.62. The molecule has 1 aliphatic carbocycles. The summed E-state index contributed by atoms with van der Waals surface area (Å²) in [5.41, 5.74) is 0.772. The maximum Gasteiger partial charge on any atom is 0.240 e. The molecule has 1 aromatic rings. The molecule has 1 fully saturated rings. The monoisotopic (exact) mass is 261 g/mol. The van der Waals surface area contributed by atoms with E-state index < -0.39 is 0 Å². The number of anilines is 1. The van der Waals surface area contributed by atoms with E-state index >= 15 is 0 Å². The molecule has 0 radical (unpaired) electrons. The van der Waals surface area contributed by atoms with Crippen molar-refractivity contribution in [2.24, 2.45) is 11.8 Å². The van der Waals surface area contributed by atoms with Crippen molar-refractivity contribution in [1.29, 1.82) is 0 Å². The second-order valence-corrected chi connectivity index (χ2v) is 5.54. The number of aryl methyl sites for hydroxylation is 1. The molecule has 1 aliphatic heterocycles. The molecule has 0 spiro atoms. The SMILES string of the molecule is Cc1cc(NC(=O)CN2CC3CC=CCC3C2)on1. The smallest absolute Gasteiger partial charge is 0.240 e. The van der Waals surface area contributed by atoms with Crippen LogP contribution in [-0.4, -0.2) is 35.6 Å². The Morgan fingerprint density at radius 3 is 2.68 bits per heavy atom. The second-order valence-electron chi connectivity index (χ2n) is 5.54. The summed E-state index contributed by atoms with van der Waals surface area (Å²) in [7, 11) is 0. The van der Waals surface area contributed by atoms with Crippen LogP contribution in [0.2, 0.25) is 0 Å². The maximum atomic E-state index is 11.9. The predicted octanol–water partition coefficient (Wildman–Crippen LogP) is 1.82. The van der Waals surface area contributed by atoms with Gasteiger partial charge in [0.05, 0.1) is 12.2 Å². The predicted molar refractivity (Wildman–Crippen MR) is 71.7 cm³/mol. The molecule has 2 heterocycles. The molecule has 1 N–H and O–H groups in total. The molecule has 3 rings (SSSR count). The van der Waals surface area contributed by atoms with Gasteiger partial charge < -0.3 is 4.52 Å². The van der Waals surface area contributed by atoms with Crippen LogP contribution in [0.25, 0.3) is 0 Å². The summed E-state index contributed by atoms with van der Waals surface area (Å²) in [6.45, 7) is 4.32. The standard InChI is InChI=1S/C14H19N3O2/c1-10-6-14(19-16-10)15-13(18)9-17-7-11-4-2-3-5-12(11)8-17/h2-3,6,11-12H,4-5,7-9H2,1H3,(H,15,18). The Morgan fingerprint density at radius 2 is 2.11 bits per heavy atom. The quantitative estimate of drug-likeness (QED) is 0.843. The number of rotatable bonds is 3. The minimum absolute atomic E-state index is 0.0252. The maximum absolute atomic E-state index is 11.9. The van der Waals surface area contributed by atoms with E-state index in [4.69, 9.17) is 4.52 Å². The highest BCUT2D eigenvalue weighted by Gasteiger charge is 2.33. The lowest BCUT2D eigenvalue weighted by molar-refractivity contribution is -0.117. The molecule has 19 heavy (non-hydrogen) atoms. The number of allylic oxidation sites excluding steroid dienone is 2. The van der Waals surface area contributed by atoms with Gasteiger partial charge in [0.2, 0.25) is 11.8 Å². The van der Waals surface area contributed by atoms with Gasteiger partial charge in [-0.3, -0.25) is 15.0 Å². The third-order valence-corrected chi connectivity index (χ3v) is 3.95. The topological polar surface area (TPSA) is 58.4 Å². The first-order valence-electron chi connectivity index (χ1n) is 6.81. The summed E-state index contributed by atoms with van der Waals surface area (Å²) >= 11 is 0. The molecule has 2 atom stereocenters. The van der Waals surface area contributed by atoms with Gasteiger partial charge in [0.15, 0.2) is 0 Å². The Labute approximate surface area is 112 Å². The summed E-state index contributed by atoms with van der Waals surface area (Å²) in [5.74, 6) is 1.86. The van der Waals surface area contributed by atoms with Crippen LogP contribution in [-0.2, 0) is 4.79 Å². The van der Waals surface area contributed by atoms with Crippen LogP contribution in [0.5, 0.6) is 0 Å². The van der Waals surface area contributed by atoms with Gasteiger partial charge >= 0.3 is 0 Å². The third-order valence-electron chi connectivity index (χ3n) is 3.95. The second kappa shape index (κ2) is 5.17. The van der Waals surface area contributed by atoms with Crippen molar-refractivity contribution in [3.05, 3.63) is 23.9 Å². The van der Waals surface area contributed by atoms with Gasteiger partial charge in [-0.05, 0) is 31.6 Å². The molecule has 5 nitrogen and oxygen atoms in total. The molecule has 1 aromatic heterocycles. The summed E-state index contributed by atoms with van der Waals surface area (Å²) in [4.78, 5) is 14.2. The molecule has 5 heteroatoms. The molecule has 1 amide bonds. The third kappa shape index (κ3) is 2.87. The van der Waals surface area contributed by atoms with Crippen LogP contribution in [0.3, 0.4) is 0 Å². The zero-order chi connectivity index (χ0) is 13.2. The van der Waals surface area contributed by atoms with Crippen molar-refractivity contribution in [3.63, 3.8) is 0 Å². The summed E-state index contributed by atoms with van der Waals surface area (Å²) < 4.78 is 4.98. The van der Waals surface area contributed by atoms with Gasteiger partial charge in [0.1, 0.15) is 0 Å². The van der Waals surface area contributed by atoms with Crippen LogP contribution in [0.1, 0.15) is 18.5 Å². The molecule has 102 valence electrons. The lowest BCUT2D eigenvalue weighted by atomic mass is 9.86. The van der Waals surface area contributed by atoms with Crippen molar-refractivity contribution in [1.82, 2.24) is 10.1 Å². The number of nitrogens with one attached hydrogen (secondary N) is 1. The Bertz CT molecular complexity index is 479. The van der Waals surface area contributed by atoms with Gasteiger partial charge in [0, 0.05) is 19.2 Å². The molecule has 1 saturated heterocycles. The van der Waals surface area contributed by atoms with Crippen molar-refractivity contribution in [2.45, 2.75) is 19.8 Å². The Kier molecular flexibility index (Phi) is 3.38. The van der Waals surface area contributed by atoms with E-state index in [1.165, 1.54) is 0 Å². The van der Waals surface area contributed by atoms with Gasteiger partial charge in [-0.15, -0.1) is 0 Å². The van der Waals surface area contributed by atoms with E-state index in [1.807, 2.05) is 6.92 Å². The zero-order valence-electron chi connectivity index (χ0n) is 11.1. The largest absolute Gasteiger partial charge is 0.338 e. The van der Waals surface area contributed by atoms with Crippen LogP contribution in [0.15, 0.2) is 22.7 Å². The van der Waals surface area contributed by atoms with E-state index in [0.717, 1.165) is 43.5 Å². The fourth-order valence-electron chi connectivity index (χ4n) is 3.04. The van der Waals surface area contributed by atoms with E-state index in [1.54, 1.807) is 6.07 Å². The van der Waals surface area contributed by atoms with Crippen molar-refractivity contribution in [2.75, 3.05) is 25.0 Å². The first-order valence-corrected chi connectivity index (χ1v) is 6.81. The molecule has 2 aliphatic rings. The number of carbonyl (C=O) groups excluding carboxylic acids is 1. The fourth-order valence-corrected chi connectivity index (χ4v) is 3.04. The van der Waals surface area contributed by atoms with Crippen LogP contribution in [0.4, 0.5) is 5.88 Å². The number of carbonyl (C=O) groups is 1. The number of fused-ring (bicyclic) bond motifs is 1. The number of hydrogen-bond donors (Lipinski definition) is 1. The lowest BCUT2D eigenvalue weighted by Gasteiger charge is -2.18. The highest BCUT2D eigenvalue weighted by atomic mass is 16.5. The number of nitrogens with zero attached hydrogens (tertiary/aromatic N) is 2. The molecular formula is C14H19N3O2. The number of amides is 1. The average Bonchev–Trinajstić information content (AvgIpc) is 2.94. The first-order chi connectivity index (χ1) is 9.20. The van der Waals surface area contributed by atoms with Gasteiger partial charge in [-0.25, -0.2) is 0 Å². The van der Waals surface area contributed by atoms with E-state index in [2.05, 4.69) is 27.5 Å². The fraction of sp³-hybridized carbons (Fsp3) is 0.571. The van der Waals surface area contributed by atoms with E-state index in [-0.39, 0.29) is 5.91 Å². The first kappa shape index (κ1) is 12.4. The molecule has 0 bridgehead atoms. The van der Waals surface area contributed by atoms with Gasteiger partial charge in [0.25, 0.3) is 0 Å². The number of aromatic nitrogens is 1. The van der Waals surface area contributed by atoms with Crippen molar-refractivity contribution < 1.29 is 9.32 Å². The Morgan fingerprint density at radius 1 is 1.42 bits per heavy atom. The number of hydrogen-bond acceptors (Lipinski definition) is 4. The lowest BCUT2D eigenvalue weighted by Crippen LogP contribution is -2.31. The molecule has 2 unspecified atom stereocenters. The summed E-state index contributed by atoms with van der Waals surface area (Å²) in [6.07, 6.45) is 6.85. The zero-order valence-corrected chi connectivity index (χ0v) is 11.1. The Balaban J connectivity index is 1.51. The molecule has 0 aromatic carbocycles. The van der Waals surface area contributed by atoms with Crippen LogP contribution >= 0.6 is 0 Å².